The van der Waals surface area contributed by atoms with Crippen LogP contribution in [0.15, 0.2) is 22.8 Å². The summed E-state index contributed by atoms with van der Waals surface area (Å²) in [5, 5.41) is 11.8. The monoisotopic (exact) mass is 472 g/mol. The highest BCUT2D eigenvalue weighted by Gasteiger charge is 2.51. The molecular weight excluding hydrogens is 432 g/mol. The molecule has 3 heterocycles. The van der Waals surface area contributed by atoms with E-state index in [-0.39, 0.29) is 36.4 Å². The van der Waals surface area contributed by atoms with E-state index in [0.717, 1.165) is 38.0 Å². The van der Waals surface area contributed by atoms with E-state index >= 15 is 0 Å². The number of carbonyl (C=O) groups excluding carboxylic acids is 1. The minimum Gasteiger partial charge on any atom is -0.481 e. The molecule has 1 aliphatic carbocycles. The van der Waals surface area contributed by atoms with Crippen LogP contribution in [0.1, 0.15) is 112 Å². The molecule has 0 radical (unpaired) electrons. The number of fused-ring (bicyclic) bond motifs is 2. The molecule has 3 fully saturated rings. The van der Waals surface area contributed by atoms with E-state index in [0.29, 0.717) is 24.6 Å². The molecule has 1 aromatic heterocycles. The summed E-state index contributed by atoms with van der Waals surface area (Å²) < 4.78 is 12.0. The van der Waals surface area contributed by atoms with Gasteiger partial charge in [-0.2, -0.15) is 0 Å². The van der Waals surface area contributed by atoms with Gasteiger partial charge in [0.1, 0.15) is 6.26 Å². The summed E-state index contributed by atoms with van der Waals surface area (Å²) in [5.74, 6) is 0.936. The van der Waals surface area contributed by atoms with Gasteiger partial charge >= 0.3 is 5.97 Å². The van der Waals surface area contributed by atoms with Crippen LogP contribution in [-0.4, -0.2) is 40.7 Å². The number of carboxylic acid groups (broad SMARTS) is 1. The minimum atomic E-state index is -0.752. The third-order valence-corrected chi connectivity index (χ3v) is 7.85. The number of carboxylic acids is 1. The van der Waals surface area contributed by atoms with Crippen LogP contribution >= 0.6 is 0 Å². The Morgan fingerprint density at radius 2 is 1.88 bits per heavy atom. The number of aliphatic carboxylic acids is 1. The van der Waals surface area contributed by atoms with Gasteiger partial charge in [0.05, 0.1) is 18.1 Å². The number of carbonyl (C=O) groups is 2. The molecule has 3 aliphatic rings. The maximum atomic E-state index is 12.6. The standard InChI is InChI=1S/C27H40N2O5/c30-24(31)14-7-2-1-6-13-20-22-15-16-23(34-22)25(20)27-29-21(18-33-27)26(32)28-17-9-8-12-19-10-4-3-5-11-19/h1,6,18-20,22-23,25H,2-5,7-17H2,(H,28,32)(H,30,31)/t20-,22-,23+,25-/m0/s1. The van der Waals surface area contributed by atoms with Gasteiger partial charge in [-0.3, -0.25) is 9.59 Å². The van der Waals surface area contributed by atoms with Crippen LogP contribution in [0, 0.1) is 11.8 Å². The molecule has 2 aliphatic heterocycles. The van der Waals surface area contributed by atoms with Crippen LogP contribution in [0.2, 0.25) is 0 Å². The van der Waals surface area contributed by atoms with Crippen molar-refractivity contribution in [3.63, 3.8) is 0 Å². The molecule has 4 rings (SSSR count). The number of ether oxygens (including phenoxy) is 1. The second-order valence-corrected chi connectivity index (χ2v) is 10.3. The maximum Gasteiger partial charge on any atom is 0.303 e. The van der Waals surface area contributed by atoms with E-state index in [1.165, 1.54) is 51.2 Å². The number of oxazole rings is 1. The van der Waals surface area contributed by atoms with Crippen LogP contribution < -0.4 is 5.32 Å². The van der Waals surface area contributed by atoms with Gasteiger partial charge in [-0.25, -0.2) is 4.98 Å². The number of nitrogens with one attached hydrogen (secondary N) is 1. The smallest absolute Gasteiger partial charge is 0.303 e. The fourth-order valence-corrected chi connectivity index (χ4v) is 6.03. The van der Waals surface area contributed by atoms with Crippen LogP contribution in [0.5, 0.6) is 0 Å². The minimum absolute atomic E-state index is 0.0689. The number of amides is 1. The normalized spacial score (nSPS) is 26.9. The fourth-order valence-electron chi connectivity index (χ4n) is 6.03. The van der Waals surface area contributed by atoms with Crippen LogP contribution in [0.3, 0.4) is 0 Å². The Kier molecular flexibility index (Phi) is 9.19. The topological polar surface area (TPSA) is 102 Å². The fraction of sp³-hybridized carbons (Fsp3) is 0.741. The third-order valence-electron chi connectivity index (χ3n) is 7.85. The van der Waals surface area contributed by atoms with Gasteiger partial charge in [-0.15, -0.1) is 0 Å². The van der Waals surface area contributed by atoms with Gasteiger partial charge in [-0.1, -0.05) is 57.1 Å². The zero-order chi connectivity index (χ0) is 23.8. The summed E-state index contributed by atoms with van der Waals surface area (Å²) in [5.41, 5.74) is 0.355. The highest BCUT2D eigenvalue weighted by molar-refractivity contribution is 5.91. The van der Waals surface area contributed by atoms with Crippen molar-refractivity contribution in [2.45, 2.75) is 108 Å². The predicted molar refractivity (Wildman–Crippen MR) is 129 cm³/mol. The second kappa shape index (κ2) is 12.5. The molecule has 7 heteroatoms. The van der Waals surface area contributed by atoms with Crippen molar-refractivity contribution in [1.29, 1.82) is 0 Å². The molecule has 0 spiro atoms. The third kappa shape index (κ3) is 6.71. The van der Waals surface area contributed by atoms with E-state index < -0.39 is 5.97 Å². The molecule has 1 saturated carbocycles. The van der Waals surface area contributed by atoms with E-state index in [4.69, 9.17) is 14.3 Å². The van der Waals surface area contributed by atoms with E-state index in [2.05, 4.69) is 22.5 Å². The van der Waals surface area contributed by atoms with Gasteiger partial charge in [0.2, 0.25) is 5.89 Å². The van der Waals surface area contributed by atoms with Crippen molar-refractivity contribution in [3.05, 3.63) is 30.0 Å². The van der Waals surface area contributed by atoms with Gasteiger partial charge < -0.3 is 19.6 Å². The molecular formula is C27H40N2O5. The molecule has 1 amide bonds. The Labute approximate surface area is 202 Å². The average Bonchev–Trinajstić information content (AvgIpc) is 3.58. The van der Waals surface area contributed by atoms with Crippen LogP contribution in [0.25, 0.3) is 0 Å². The lowest BCUT2D eigenvalue weighted by atomic mass is 9.77. The summed E-state index contributed by atoms with van der Waals surface area (Å²) in [6.45, 7) is 0.681. The largest absolute Gasteiger partial charge is 0.481 e. The first kappa shape index (κ1) is 25.0. The summed E-state index contributed by atoms with van der Waals surface area (Å²) >= 11 is 0. The van der Waals surface area contributed by atoms with Gasteiger partial charge in [0, 0.05) is 18.9 Å². The lowest BCUT2D eigenvalue weighted by Gasteiger charge is -2.24. The van der Waals surface area contributed by atoms with Crippen molar-refractivity contribution in [2.24, 2.45) is 11.8 Å². The molecule has 7 nitrogen and oxygen atoms in total. The first-order chi connectivity index (χ1) is 16.6. The maximum absolute atomic E-state index is 12.6. The van der Waals surface area contributed by atoms with E-state index in [1.807, 2.05) is 0 Å². The zero-order valence-electron chi connectivity index (χ0n) is 20.3. The summed E-state index contributed by atoms with van der Waals surface area (Å²) in [7, 11) is 0. The highest BCUT2D eigenvalue weighted by Crippen LogP contribution is 2.50. The Balaban J connectivity index is 1.22. The number of hydrogen-bond donors (Lipinski definition) is 2. The van der Waals surface area contributed by atoms with Crippen LogP contribution in [0.4, 0.5) is 0 Å². The van der Waals surface area contributed by atoms with Gasteiger partial charge in [0.25, 0.3) is 5.91 Å². The first-order valence-corrected chi connectivity index (χ1v) is 13.4. The Morgan fingerprint density at radius 3 is 2.71 bits per heavy atom. The lowest BCUT2D eigenvalue weighted by molar-refractivity contribution is -0.137. The molecule has 2 N–H and O–H groups in total. The Hall–Kier alpha value is -2.15. The quantitative estimate of drug-likeness (QED) is 0.285. The lowest BCUT2D eigenvalue weighted by Crippen LogP contribution is -2.27. The Bertz CT molecular complexity index is 829. The first-order valence-electron chi connectivity index (χ1n) is 13.4. The van der Waals surface area contributed by atoms with Crippen molar-refractivity contribution in [1.82, 2.24) is 10.3 Å². The van der Waals surface area contributed by atoms with E-state index in [9.17, 15) is 9.59 Å². The average molecular weight is 473 g/mol. The molecule has 2 bridgehead atoms. The summed E-state index contributed by atoms with van der Waals surface area (Å²) in [6, 6.07) is 0. The molecule has 34 heavy (non-hydrogen) atoms. The Morgan fingerprint density at radius 1 is 1.06 bits per heavy atom. The molecule has 4 atom stereocenters. The molecule has 0 aromatic carbocycles. The SMILES string of the molecule is O=C(O)CCCC=CC[C@@H]1[C@H](c2nc(C(=O)NCCCCC3CCCCC3)co2)[C@H]2CC[C@@H]1O2. The summed E-state index contributed by atoms with van der Waals surface area (Å²) in [4.78, 5) is 27.8. The predicted octanol–water partition coefficient (Wildman–Crippen LogP) is 5.62. The molecule has 1 aromatic rings. The number of hydrogen-bond acceptors (Lipinski definition) is 5. The van der Waals surface area contributed by atoms with E-state index in [1.54, 1.807) is 0 Å². The highest BCUT2D eigenvalue weighted by atomic mass is 16.5. The summed E-state index contributed by atoms with van der Waals surface area (Å²) in [6.07, 6.45) is 20.9. The van der Waals surface area contributed by atoms with Crippen molar-refractivity contribution in [3.8, 4) is 0 Å². The van der Waals surface area contributed by atoms with Crippen molar-refractivity contribution in [2.75, 3.05) is 6.54 Å². The zero-order valence-corrected chi connectivity index (χ0v) is 20.3. The van der Waals surface area contributed by atoms with Crippen LogP contribution in [-0.2, 0) is 9.53 Å². The number of aromatic nitrogens is 1. The molecule has 0 unspecified atom stereocenters. The number of unbranched alkanes of at least 4 members (excludes halogenated alkanes) is 2. The van der Waals surface area contributed by atoms with Crippen molar-refractivity contribution < 1.29 is 23.8 Å². The number of rotatable bonds is 13. The molecule has 188 valence electrons. The number of nitrogens with zero attached hydrogens (tertiary/aromatic N) is 1. The van der Waals surface area contributed by atoms with Gasteiger partial charge in [-0.05, 0) is 44.4 Å². The van der Waals surface area contributed by atoms with Crippen molar-refractivity contribution >= 4 is 11.9 Å². The number of allylic oxidation sites excluding steroid dienone is 2. The van der Waals surface area contributed by atoms with Gasteiger partial charge in [0.15, 0.2) is 5.69 Å². The second-order valence-electron chi connectivity index (χ2n) is 10.3. The molecule has 2 saturated heterocycles.